The van der Waals surface area contributed by atoms with E-state index >= 15 is 0 Å². The van der Waals surface area contributed by atoms with Crippen molar-refractivity contribution in [2.24, 2.45) is 7.05 Å². The van der Waals surface area contributed by atoms with Crippen molar-refractivity contribution < 1.29 is 13.9 Å². The van der Waals surface area contributed by atoms with Crippen LogP contribution >= 0.6 is 11.3 Å². The Kier molecular flexibility index (Phi) is 4.35. The van der Waals surface area contributed by atoms with Gasteiger partial charge in [0.05, 0.1) is 10.2 Å². The quantitative estimate of drug-likeness (QED) is 0.789. The number of aromatic nitrogens is 1. The smallest absolute Gasteiger partial charge is 0.307 e. The summed E-state index contributed by atoms with van der Waals surface area (Å²) in [4.78, 5) is 23.8. The molecule has 0 aliphatic carbocycles. The largest absolute Gasteiger partial charge is 0.481 e. The topological polar surface area (TPSA) is 60.3 Å². The molecule has 1 amide bonds. The number of benzene rings is 2. The molecule has 0 radical (unpaired) electrons. The zero-order valence-electron chi connectivity index (χ0n) is 13.1. The first-order chi connectivity index (χ1) is 11.4. The van der Waals surface area contributed by atoms with Crippen LogP contribution in [0.15, 0.2) is 47.3 Å². The molecule has 1 unspecified atom stereocenters. The first kappa shape index (κ1) is 16.2. The van der Waals surface area contributed by atoms with Crippen molar-refractivity contribution in [2.45, 2.75) is 13.0 Å². The molecule has 2 aromatic carbocycles. The van der Waals surface area contributed by atoms with Crippen LogP contribution in [-0.2, 0) is 11.8 Å². The molecular formula is C17H15FN2O3S. The summed E-state index contributed by atoms with van der Waals surface area (Å²) in [6.45, 7) is 1.61. The molecule has 1 heterocycles. The van der Waals surface area contributed by atoms with E-state index < -0.39 is 6.10 Å². The highest BCUT2D eigenvalue weighted by Gasteiger charge is 2.15. The number of nitrogens with zero attached hydrogens (tertiary/aromatic N) is 1. The van der Waals surface area contributed by atoms with E-state index in [1.54, 1.807) is 36.7 Å². The van der Waals surface area contributed by atoms with Gasteiger partial charge in [-0.3, -0.25) is 9.59 Å². The molecular weight excluding hydrogens is 331 g/mol. The Morgan fingerprint density at radius 1 is 1.25 bits per heavy atom. The van der Waals surface area contributed by atoms with Crippen molar-refractivity contribution in [3.05, 3.63) is 57.9 Å². The van der Waals surface area contributed by atoms with Crippen molar-refractivity contribution in [3.63, 3.8) is 0 Å². The second-order valence-corrected chi connectivity index (χ2v) is 6.31. The Hall–Kier alpha value is -2.67. The number of ether oxygens (including phenoxy) is 1. The number of halogens is 1. The van der Waals surface area contributed by atoms with Gasteiger partial charge in [-0.1, -0.05) is 11.3 Å². The van der Waals surface area contributed by atoms with Crippen molar-refractivity contribution in [1.82, 2.24) is 4.57 Å². The van der Waals surface area contributed by atoms with Gasteiger partial charge < -0.3 is 14.6 Å². The SMILES string of the molecule is CC(Oc1ccc(F)cc1)C(=O)Nc1ccc2c(c1)sc(=O)n2C. The lowest BCUT2D eigenvalue weighted by Crippen LogP contribution is -2.30. The minimum atomic E-state index is -0.749. The van der Waals surface area contributed by atoms with Crippen molar-refractivity contribution in [1.29, 1.82) is 0 Å². The van der Waals surface area contributed by atoms with Crippen molar-refractivity contribution in [3.8, 4) is 5.75 Å². The number of hydrogen-bond acceptors (Lipinski definition) is 4. The van der Waals surface area contributed by atoms with E-state index in [0.717, 1.165) is 21.6 Å². The number of thiazole rings is 1. The number of amides is 1. The molecule has 124 valence electrons. The summed E-state index contributed by atoms with van der Waals surface area (Å²) >= 11 is 1.12. The molecule has 7 heteroatoms. The second-order valence-electron chi connectivity index (χ2n) is 5.31. The van der Waals surface area contributed by atoms with E-state index in [-0.39, 0.29) is 16.6 Å². The number of anilines is 1. The summed E-state index contributed by atoms with van der Waals surface area (Å²) < 4.78 is 20.7. The Morgan fingerprint density at radius 2 is 1.96 bits per heavy atom. The molecule has 0 aliphatic rings. The van der Waals surface area contributed by atoms with Crippen LogP contribution in [0, 0.1) is 5.82 Å². The molecule has 1 aromatic heterocycles. The highest BCUT2D eigenvalue weighted by Crippen LogP contribution is 2.21. The summed E-state index contributed by atoms with van der Waals surface area (Å²) in [5.41, 5.74) is 1.41. The zero-order valence-corrected chi connectivity index (χ0v) is 13.9. The summed E-state index contributed by atoms with van der Waals surface area (Å²) in [6, 6.07) is 10.7. The van der Waals surface area contributed by atoms with Gasteiger partial charge in [0.25, 0.3) is 5.91 Å². The number of fused-ring (bicyclic) bond motifs is 1. The van der Waals surface area contributed by atoms with Crippen LogP contribution in [0.4, 0.5) is 10.1 Å². The average Bonchev–Trinajstić information content (AvgIpc) is 2.83. The van der Waals surface area contributed by atoms with E-state index in [0.29, 0.717) is 11.4 Å². The molecule has 5 nitrogen and oxygen atoms in total. The van der Waals surface area contributed by atoms with Crippen LogP contribution in [0.25, 0.3) is 10.2 Å². The second kappa shape index (κ2) is 6.45. The maximum Gasteiger partial charge on any atom is 0.307 e. The van der Waals surface area contributed by atoms with Gasteiger partial charge in [0.1, 0.15) is 11.6 Å². The third kappa shape index (κ3) is 3.30. The number of carbonyl (C=O) groups is 1. The molecule has 3 aromatic rings. The lowest BCUT2D eigenvalue weighted by molar-refractivity contribution is -0.122. The minimum absolute atomic E-state index is 0.0542. The highest BCUT2D eigenvalue weighted by molar-refractivity contribution is 7.16. The monoisotopic (exact) mass is 346 g/mol. The van der Waals surface area contributed by atoms with Gasteiger partial charge in [-0.15, -0.1) is 0 Å². The first-order valence-electron chi connectivity index (χ1n) is 7.27. The van der Waals surface area contributed by atoms with Crippen LogP contribution < -0.4 is 14.9 Å². The standard InChI is InChI=1S/C17H15FN2O3S/c1-10(23-13-6-3-11(18)4-7-13)16(21)19-12-5-8-14-15(9-12)24-17(22)20(14)2/h3-10H,1-2H3,(H,19,21). The Bertz CT molecular complexity index is 947. The third-order valence-electron chi connectivity index (χ3n) is 3.56. The molecule has 0 bridgehead atoms. The zero-order chi connectivity index (χ0) is 17.3. The summed E-state index contributed by atoms with van der Waals surface area (Å²) in [5.74, 6) is -0.285. The van der Waals surface area contributed by atoms with Crippen molar-refractivity contribution >= 4 is 33.1 Å². The van der Waals surface area contributed by atoms with Gasteiger partial charge in [0, 0.05) is 12.7 Å². The Balaban J connectivity index is 1.71. The van der Waals surface area contributed by atoms with Crippen LogP contribution in [-0.4, -0.2) is 16.6 Å². The van der Waals surface area contributed by atoms with Gasteiger partial charge >= 0.3 is 4.87 Å². The van der Waals surface area contributed by atoms with Crippen LogP contribution in [0.2, 0.25) is 0 Å². The number of hydrogen-bond donors (Lipinski definition) is 1. The normalized spacial score (nSPS) is 12.1. The number of aryl methyl sites for hydroxylation is 1. The van der Waals surface area contributed by atoms with E-state index in [2.05, 4.69) is 5.32 Å². The highest BCUT2D eigenvalue weighted by atomic mass is 32.1. The predicted octanol–water partition coefficient (Wildman–Crippen LogP) is 3.15. The number of rotatable bonds is 4. The van der Waals surface area contributed by atoms with Crippen molar-refractivity contribution in [2.75, 3.05) is 5.32 Å². The van der Waals surface area contributed by atoms with Gasteiger partial charge in [-0.25, -0.2) is 4.39 Å². The van der Waals surface area contributed by atoms with E-state index in [4.69, 9.17) is 4.74 Å². The van der Waals surface area contributed by atoms with Gasteiger partial charge in [0.2, 0.25) is 0 Å². The average molecular weight is 346 g/mol. The predicted molar refractivity (Wildman–Crippen MR) is 92.2 cm³/mol. The van der Waals surface area contributed by atoms with E-state index in [1.165, 1.54) is 24.3 Å². The molecule has 1 N–H and O–H groups in total. The number of nitrogens with one attached hydrogen (secondary N) is 1. The molecule has 0 saturated heterocycles. The summed E-state index contributed by atoms with van der Waals surface area (Å²) in [7, 11) is 1.71. The third-order valence-corrected chi connectivity index (χ3v) is 4.55. The van der Waals surface area contributed by atoms with Gasteiger partial charge in [0.15, 0.2) is 6.10 Å². The molecule has 24 heavy (non-hydrogen) atoms. The fraction of sp³-hybridized carbons (Fsp3) is 0.176. The molecule has 1 atom stereocenters. The maximum absolute atomic E-state index is 12.9. The van der Waals surface area contributed by atoms with Crippen LogP contribution in [0.5, 0.6) is 5.75 Å². The number of carbonyl (C=O) groups excluding carboxylic acids is 1. The molecule has 0 saturated carbocycles. The molecule has 3 rings (SSSR count). The Morgan fingerprint density at radius 3 is 2.67 bits per heavy atom. The fourth-order valence-electron chi connectivity index (χ4n) is 2.23. The van der Waals surface area contributed by atoms with Crippen LogP contribution in [0.1, 0.15) is 6.92 Å². The van der Waals surface area contributed by atoms with Crippen LogP contribution in [0.3, 0.4) is 0 Å². The van der Waals surface area contributed by atoms with E-state index in [9.17, 15) is 14.0 Å². The molecule has 0 aliphatic heterocycles. The van der Waals surface area contributed by atoms with Gasteiger partial charge in [-0.05, 0) is 49.4 Å². The fourth-order valence-corrected chi connectivity index (χ4v) is 3.15. The maximum atomic E-state index is 12.9. The summed E-state index contributed by atoms with van der Waals surface area (Å²) in [5, 5.41) is 2.75. The van der Waals surface area contributed by atoms with E-state index in [1.807, 2.05) is 0 Å². The summed E-state index contributed by atoms with van der Waals surface area (Å²) in [6.07, 6.45) is -0.749. The molecule has 0 spiro atoms. The first-order valence-corrected chi connectivity index (χ1v) is 8.08. The van der Waals surface area contributed by atoms with Gasteiger partial charge in [-0.2, -0.15) is 0 Å². The Labute approximate surface area is 141 Å². The lowest BCUT2D eigenvalue weighted by Gasteiger charge is -2.14. The molecule has 0 fully saturated rings. The minimum Gasteiger partial charge on any atom is -0.481 e. The lowest BCUT2D eigenvalue weighted by atomic mass is 10.2.